The third-order valence-corrected chi connectivity index (χ3v) is 5.33. The summed E-state index contributed by atoms with van der Waals surface area (Å²) in [5.74, 6) is -0.501. The van der Waals surface area contributed by atoms with E-state index in [4.69, 9.17) is 34.8 Å². The summed E-state index contributed by atoms with van der Waals surface area (Å²) in [6.07, 6.45) is 20.3. The summed E-state index contributed by atoms with van der Waals surface area (Å²) >= 11 is 16.9. The smallest absolute Gasteiger partial charge is 0.254 e. The van der Waals surface area contributed by atoms with Crippen molar-refractivity contribution in [2.75, 3.05) is 0 Å². The van der Waals surface area contributed by atoms with Crippen LogP contribution in [-0.4, -0.2) is 14.6 Å². The first kappa shape index (κ1) is 23.9. The lowest BCUT2D eigenvalue weighted by Crippen LogP contribution is -2.19. The van der Waals surface area contributed by atoms with E-state index in [2.05, 4.69) is 11.9 Å². The van der Waals surface area contributed by atoms with E-state index in [1.165, 1.54) is 77.0 Å². The van der Waals surface area contributed by atoms with Gasteiger partial charge >= 0.3 is 0 Å². The molecular formula is C21H34Cl3NO. The van der Waals surface area contributed by atoms with Crippen molar-refractivity contribution in [2.24, 2.45) is 0 Å². The molecule has 0 unspecified atom stereocenters. The molecule has 26 heavy (non-hydrogen) atoms. The first-order chi connectivity index (χ1) is 12.4. The van der Waals surface area contributed by atoms with E-state index < -0.39 is 9.58 Å². The molecule has 0 aliphatic heterocycles. The summed E-state index contributed by atoms with van der Waals surface area (Å²) in [5.41, 5.74) is 1.47. The second-order valence-electron chi connectivity index (χ2n) is 7.24. The predicted octanol–water partition coefficient (Wildman–Crippen LogP) is 8.20. The van der Waals surface area contributed by atoms with Gasteiger partial charge in [-0.3, -0.25) is 4.79 Å². The molecular weight excluding hydrogens is 389 g/mol. The fourth-order valence-corrected chi connectivity index (χ4v) is 3.52. The van der Waals surface area contributed by atoms with E-state index >= 15 is 0 Å². The Morgan fingerprint density at radius 2 is 1.31 bits per heavy atom. The Balaban J connectivity index is 1.97. The monoisotopic (exact) mass is 421 g/mol. The third-order valence-electron chi connectivity index (χ3n) is 4.81. The number of aryl methyl sites for hydroxylation is 1. The Hall–Kier alpha value is -0.180. The van der Waals surface area contributed by atoms with Crippen LogP contribution in [0.15, 0.2) is 12.3 Å². The van der Waals surface area contributed by atoms with Crippen LogP contribution in [0.5, 0.6) is 0 Å². The molecule has 1 N–H and O–H groups in total. The maximum Gasteiger partial charge on any atom is 0.254 e. The van der Waals surface area contributed by atoms with E-state index in [1.54, 1.807) is 6.07 Å². The molecule has 1 aromatic rings. The number of carbonyl (C=O) groups excluding carboxylic acids is 1. The van der Waals surface area contributed by atoms with Crippen molar-refractivity contribution in [1.82, 2.24) is 4.98 Å². The molecule has 0 spiro atoms. The van der Waals surface area contributed by atoms with Crippen molar-refractivity contribution in [3.05, 3.63) is 23.5 Å². The molecule has 0 saturated carbocycles. The number of nitrogens with one attached hydrogen (secondary N) is 1. The lowest BCUT2D eigenvalue weighted by Gasteiger charge is -2.06. The van der Waals surface area contributed by atoms with Gasteiger partial charge in [0.25, 0.3) is 3.79 Å². The number of unbranched alkanes of at least 4 members (excludes halogenated alkanes) is 12. The number of rotatable bonds is 15. The summed E-state index contributed by atoms with van der Waals surface area (Å²) < 4.78 is -1.89. The van der Waals surface area contributed by atoms with Gasteiger partial charge in [-0.15, -0.1) is 0 Å². The summed E-state index contributed by atoms with van der Waals surface area (Å²) in [6.45, 7) is 2.27. The van der Waals surface area contributed by atoms with Crippen molar-refractivity contribution >= 4 is 40.6 Å². The number of aromatic amines is 1. The number of aromatic nitrogens is 1. The van der Waals surface area contributed by atoms with Gasteiger partial charge in [0.2, 0.25) is 5.78 Å². The Labute approximate surface area is 174 Å². The maximum atomic E-state index is 11.8. The number of halogens is 3. The molecule has 0 amide bonds. The Morgan fingerprint density at radius 3 is 1.77 bits per heavy atom. The van der Waals surface area contributed by atoms with E-state index in [9.17, 15) is 4.79 Å². The minimum atomic E-state index is -1.89. The highest BCUT2D eigenvalue weighted by atomic mass is 35.6. The third kappa shape index (κ3) is 10.8. The number of alkyl halides is 3. The van der Waals surface area contributed by atoms with Gasteiger partial charge in [0, 0.05) is 6.20 Å². The summed E-state index contributed by atoms with van der Waals surface area (Å²) in [4.78, 5) is 14.7. The van der Waals surface area contributed by atoms with Crippen LogP contribution < -0.4 is 0 Å². The van der Waals surface area contributed by atoms with Crippen LogP contribution in [0.25, 0.3) is 0 Å². The van der Waals surface area contributed by atoms with Crippen molar-refractivity contribution in [3.8, 4) is 0 Å². The summed E-state index contributed by atoms with van der Waals surface area (Å²) in [5, 5.41) is 0. The first-order valence-corrected chi connectivity index (χ1v) is 11.4. The number of ketones is 1. The van der Waals surface area contributed by atoms with Crippen LogP contribution in [0.4, 0.5) is 0 Å². The van der Waals surface area contributed by atoms with Gasteiger partial charge < -0.3 is 4.98 Å². The lowest BCUT2D eigenvalue weighted by atomic mass is 10.0. The van der Waals surface area contributed by atoms with Crippen LogP contribution in [0.3, 0.4) is 0 Å². The molecule has 0 fully saturated rings. The number of hydrogen-bond acceptors (Lipinski definition) is 1. The zero-order chi connectivity index (χ0) is 19.3. The normalized spacial score (nSPS) is 11.8. The molecule has 1 heterocycles. The molecule has 0 aromatic carbocycles. The average Bonchev–Trinajstić information content (AvgIpc) is 3.06. The van der Waals surface area contributed by atoms with Gasteiger partial charge in [0.05, 0.1) is 5.69 Å². The lowest BCUT2D eigenvalue weighted by molar-refractivity contribution is 0.0992. The van der Waals surface area contributed by atoms with Gasteiger partial charge in [-0.05, 0) is 24.5 Å². The van der Waals surface area contributed by atoms with E-state index in [0.29, 0.717) is 5.69 Å². The predicted molar refractivity (Wildman–Crippen MR) is 115 cm³/mol. The highest BCUT2D eigenvalue weighted by molar-refractivity contribution is 6.77. The molecule has 0 aliphatic rings. The van der Waals surface area contributed by atoms with Crippen LogP contribution in [0, 0.1) is 0 Å². The van der Waals surface area contributed by atoms with Gasteiger partial charge in [0.1, 0.15) is 0 Å². The van der Waals surface area contributed by atoms with Crippen molar-refractivity contribution in [2.45, 2.75) is 101 Å². The summed E-state index contributed by atoms with van der Waals surface area (Å²) in [6, 6.07) is 1.80. The topological polar surface area (TPSA) is 32.9 Å². The van der Waals surface area contributed by atoms with Gasteiger partial charge in [-0.25, -0.2) is 0 Å². The van der Waals surface area contributed by atoms with Crippen molar-refractivity contribution < 1.29 is 4.79 Å². The Morgan fingerprint density at radius 1 is 0.846 bits per heavy atom. The average molecular weight is 423 g/mol. The van der Waals surface area contributed by atoms with Gasteiger partial charge in [-0.2, -0.15) is 0 Å². The van der Waals surface area contributed by atoms with Crippen LogP contribution >= 0.6 is 34.8 Å². The van der Waals surface area contributed by atoms with Crippen LogP contribution in [0.1, 0.15) is 106 Å². The van der Waals surface area contributed by atoms with E-state index in [0.717, 1.165) is 18.4 Å². The maximum absolute atomic E-state index is 11.8. The number of H-pyrrole nitrogens is 1. The molecule has 0 radical (unpaired) electrons. The molecule has 0 atom stereocenters. The second-order valence-corrected chi connectivity index (χ2v) is 9.52. The fourth-order valence-electron chi connectivity index (χ4n) is 3.21. The zero-order valence-electron chi connectivity index (χ0n) is 16.1. The summed E-state index contributed by atoms with van der Waals surface area (Å²) in [7, 11) is 0. The molecule has 150 valence electrons. The largest absolute Gasteiger partial charge is 0.358 e. The minimum Gasteiger partial charge on any atom is -0.358 e. The molecule has 5 heteroatoms. The van der Waals surface area contributed by atoms with E-state index in [1.807, 2.05) is 6.20 Å². The first-order valence-electron chi connectivity index (χ1n) is 10.2. The fraction of sp³-hybridized carbons (Fsp3) is 0.762. The number of carbonyl (C=O) groups is 1. The van der Waals surface area contributed by atoms with E-state index in [-0.39, 0.29) is 0 Å². The highest BCUT2D eigenvalue weighted by Crippen LogP contribution is 2.30. The quantitative estimate of drug-likeness (QED) is 0.172. The van der Waals surface area contributed by atoms with Gasteiger partial charge in [-0.1, -0.05) is 119 Å². The Bertz CT molecular complexity index is 494. The van der Waals surface area contributed by atoms with Gasteiger partial charge in [0.15, 0.2) is 0 Å². The highest BCUT2D eigenvalue weighted by Gasteiger charge is 2.32. The number of Topliss-reactive ketones (excluding diaryl/α,β-unsaturated/α-hetero) is 1. The minimum absolute atomic E-state index is 0.370. The zero-order valence-corrected chi connectivity index (χ0v) is 18.4. The second kappa shape index (κ2) is 13.9. The molecule has 0 aliphatic carbocycles. The molecule has 1 rings (SSSR count). The van der Waals surface area contributed by atoms with Crippen molar-refractivity contribution in [1.29, 1.82) is 0 Å². The van der Waals surface area contributed by atoms with Crippen LogP contribution in [-0.2, 0) is 6.42 Å². The Kier molecular flexibility index (Phi) is 12.8. The molecule has 0 saturated heterocycles. The molecule has 0 bridgehead atoms. The van der Waals surface area contributed by atoms with Crippen molar-refractivity contribution in [3.63, 3.8) is 0 Å². The van der Waals surface area contributed by atoms with Crippen LogP contribution in [0.2, 0.25) is 0 Å². The molecule has 2 nitrogen and oxygen atoms in total. The standard InChI is InChI=1S/C21H34Cl3NO/c1-2-3-4-5-6-7-8-9-10-11-12-13-14-15-18-16-19(25-17-18)20(26)21(22,23)24/h16-17,25H,2-15H2,1H3. The number of hydrogen-bond donors (Lipinski definition) is 1. The molecule has 1 aromatic heterocycles. The SMILES string of the molecule is CCCCCCCCCCCCCCCc1c[nH]c(C(=O)C(Cl)(Cl)Cl)c1.